The van der Waals surface area contributed by atoms with Crippen LogP contribution < -0.4 is 16.4 Å². The second kappa shape index (κ2) is 10.3. The van der Waals surface area contributed by atoms with Crippen molar-refractivity contribution in [3.8, 4) is 0 Å². The zero-order valence-electron chi connectivity index (χ0n) is 15.1. The Morgan fingerprint density at radius 1 is 1.15 bits per heavy atom. The van der Waals surface area contributed by atoms with Gasteiger partial charge in [-0.25, -0.2) is 9.78 Å². The van der Waals surface area contributed by atoms with Crippen LogP contribution in [0.2, 0.25) is 0 Å². The Hall–Kier alpha value is -2.95. The fourth-order valence-corrected chi connectivity index (χ4v) is 2.35. The van der Waals surface area contributed by atoms with Gasteiger partial charge in [0.2, 0.25) is 11.8 Å². The third-order valence-electron chi connectivity index (χ3n) is 3.66. The first kappa shape index (κ1) is 22.1. The van der Waals surface area contributed by atoms with E-state index in [-0.39, 0.29) is 18.8 Å². The van der Waals surface area contributed by atoms with Gasteiger partial charge in [0.25, 0.3) is 0 Å². The molecule has 11 nitrogen and oxygen atoms in total. The predicted octanol–water partition coefficient (Wildman–Crippen LogP) is -1.15. The summed E-state index contributed by atoms with van der Waals surface area (Å²) in [4.78, 5) is 53.2. The highest BCUT2D eigenvalue weighted by Gasteiger charge is 2.29. The molecule has 0 spiro atoms. The number of hydrogen-bond acceptors (Lipinski definition) is 6. The third kappa shape index (κ3) is 7.86. The molecule has 0 aromatic carbocycles. The van der Waals surface area contributed by atoms with Crippen molar-refractivity contribution < 1.29 is 29.4 Å². The number of aromatic amines is 1. The standard InChI is InChI=1S/C16H25N5O6/c1-8(2)3-11(20-14(24)10(17)5-13(22)23)15(25)21-12(16(26)27)4-9-6-18-7-19-9/h6-8,10-12H,3-5,17H2,1-2H3,(H,18,19)(H,20,24)(H,21,25)(H,22,23)(H,26,27)/t10-,11-,12-/m0/s1. The monoisotopic (exact) mass is 383 g/mol. The van der Waals surface area contributed by atoms with E-state index in [1.807, 2.05) is 13.8 Å². The number of aromatic nitrogens is 2. The van der Waals surface area contributed by atoms with Gasteiger partial charge >= 0.3 is 11.9 Å². The van der Waals surface area contributed by atoms with Crippen molar-refractivity contribution in [2.24, 2.45) is 11.7 Å². The number of carbonyl (C=O) groups is 4. The van der Waals surface area contributed by atoms with Crippen LogP contribution in [0, 0.1) is 5.92 Å². The number of nitrogens with one attached hydrogen (secondary N) is 3. The fraction of sp³-hybridized carbons (Fsp3) is 0.562. The minimum absolute atomic E-state index is 0.00707. The molecule has 0 unspecified atom stereocenters. The number of aliphatic carboxylic acids is 2. The van der Waals surface area contributed by atoms with E-state index >= 15 is 0 Å². The minimum Gasteiger partial charge on any atom is -0.481 e. The van der Waals surface area contributed by atoms with Gasteiger partial charge in [0, 0.05) is 18.3 Å². The van der Waals surface area contributed by atoms with Gasteiger partial charge < -0.3 is 31.6 Å². The Balaban J connectivity index is 2.81. The van der Waals surface area contributed by atoms with E-state index in [1.54, 1.807) is 0 Å². The van der Waals surface area contributed by atoms with Crippen molar-refractivity contribution in [3.63, 3.8) is 0 Å². The van der Waals surface area contributed by atoms with Crippen LogP contribution in [-0.2, 0) is 25.6 Å². The van der Waals surface area contributed by atoms with Crippen LogP contribution in [0.25, 0.3) is 0 Å². The number of carboxylic acids is 2. The van der Waals surface area contributed by atoms with Crippen LogP contribution in [-0.4, -0.2) is 62.1 Å². The number of imidazole rings is 1. The van der Waals surface area contributed by atoms with Crippen molar-refractivity contribution in [2.45, 2.75) is 51.2 Å². The van der Waals surface area contributed by atoms with Gasteiger partial charge in [0.05, 0.1) is 18.8 Å². The van der Waals surface area contributed by atoms with Crippen LogP contribution in [0.4, 0.5) is 0 Å². The van der Waals surface area contributed by atoms with Gasteiger partial charge in [-0.15, -0.1) is 0 Å². The lowest BCUT2D eigenvalue weighted by atomic mass is 10.0. The van der Waals surface area contributed by atoms with E-state index in [2.05, 4.69) is 20.6 Å². The molecule has 0 bridgehead atoms. The molecule has 1 aromatic rings. The van der Waals surface area contributed by atoms with Crippen molar-refractivity contribution in [2.75, 3.05) is 0 Å². The number of hydrogen-bond donors (Lipinski definition) is 6. The normalized spacial score (nSPS) is 14.2. The molecule has 2 amide bonds. The predicted molar refractivity (Wildman–Crippen MR) is 93.5 cm³/mol. The molecule has 0 aliphatic carbocycles. The molecule has 11 heteroatoms. The van der Waals surface area contributed by atoms with Crippen LogP contribution >= 0.6 is 0 Å². The highest BCUT2D eigenvalue weighted by Crippen LogP contribution is 2.07. The molecule has 0 fully saturated rings. The Morgan fingerprint density at radius 3 is 2.26 bits per heavy atom. The first-order valence-electron chi connectivity index (χ1n) is 8.38. The number of nitrogens with zero attached hydrogens (tertiary/aromatic N) is 1. The summed E-state index contributed by atoms with van der Waals surface area (Å²) < 4.78 is 0. The molecule has 0 saturated heterocycles. The molecule has 150 valence electrons. The van der Waals surface area contributed by atoms with Gasteiger partial charge in [0.1, 0.15) is 12.1 Å². The van der Waals surface area contributed by atoms with E-state index in [0.717, 1.165) is 0 Å². The lowest BCUT2D eigenvalue weighted by molar-refractivity contribution is -0.142. The summed E-state index contributed by atoms with van der Waals surface area (Å²) in [6, 6.07) is -3.58. The van der Waals surface area contributed by atoms with E-state index < -0.39 is 48.3 Å². The van der Waals surface area contributed by atoms with Crippen LogP contribution in [0.15, 0.2) is 12.5 Å². The van der Waals surface area contributed by atoms with E-state index in [4.69, 9.17) is 10.8 Å². The zero-order chi connectivity index (χ0) is 20.6. The topological polar surface area (TPSA) is 188 Å². The van der Waals surface area contributed by atoms with Crippen molar-refractivity contribution in [1.29, 1.82) is 0 Å². The number of nitrogens with two attached hydrogens (primary N) is 1. The second-order valence-electron chi connectivity index (χ2n) is 6.58. The number of carbonyl (C=O) groups excluding carboxylic acids is 2. The molecule has 7 N–H and O–H groups in total. The van der Waals surface area contributed by atoms with Gasteiger partial charge in [0.15, 0.2) is 0 Å². The lowest BCUT2D eigenvalue weighted by Gasteiger charge is -2.23. The molecular weight excluding hydrogens is 358 g/mol. The maximum atomic E-state index is 12.5. The van der Waals surface area contributed by atoms with Gasteiger partial charge in [-0.1, -0.05) is 13.8 Å². The summed E-state index contributed by atoms with van der Waals surface area (Å²) in [6.07, 6.45) is 2.47. The largest absolute Gasteiger partial charge is 0.481 e. The van der Waals surface area contributed by atoms with Gasteiger partial charge in [-0.2, -0.15) is 0 Å². The SMILES string of the molecule is CC(C)C[C@H](NC(=O)[C@@H](N)CC(=O)O)C(=O)N[C@@H](Cc1cnc[nH]1)C(=O)O. The number of rotatable bonds is 11. The van der Waals surface area contributed by atoms with E-state index in [9.17, 15) is 24.3 Å². The molecule has 0 aliphatic heterocycles. The third-order valence-corrected chi connectivity index (χ3v) is 3.66. The molecule has 1 rings (SSSR count). The molecular formula is C16H25N5O6. The fourth-order valence-electron chi connectivity index (χ4n) is 2.35. The first-order chi connectivity index (χ1) is 12.6. The smallest absolute Gasteiger partial charge is 0.326 e. The van der Waals surface area contributed by atoms with Crippen LogP contribution in [0.5, 0.6) is 0 Å². The molecule has 27 heavy (non-hydrogen) atoms. The highest BCUT2D eigenvalue weighted by molar-refractivity contribution is 5.92. The quantitative estimate of drug-likeness (QED) is 0.276. The average Bonchev–Trinajstić information content (AvgIpc) is 3.05. The summed E-state index contributed by atoms with van der Waals surface area (Å²) in [6.45, 7) is 3.64. The Labute approximate surface area is 155 Å². The maximum Gasteiger partial charge on any atom is 0.326 e. The van der Waals surface area contributed by atoms with Gasteiger partial charge in [-0.05, 0) is 12.3 Å². The first-order valence-corrected chi connectivity index (χ1v) is 8.38. The molecule has 3 atom stereocenters. The maximum absolute atomic E-state index is 12.5. The van der Waals surface area contributed by atoms with Crippen LogP contribution in [0.1, 0.15) is 32.4 Å². The Bertz CT molecular complexity index is 660. The second-order valence-corrected chi connectivity index (χ2v) is 6.58. The van der Waals surface area contributed by atoms with Crippen molar-refractivity contribution in [1.82, 2.24) is 20.6 Å². The van der Waals surface area contributed by atoms with E-state index in [0.29, 0.717) is 5.69 Å². The molecule has 0 saturated carbocycles. The minimum atomic E-state index is -1.31. The zero-order valence-corrected chi connectivity index (χ0v) is 15.1. The van der Waals surface area contributed by atoms with Crippen molar-refractivity contribution >= 4 is 23.8 Å². The number of H-pyrrole nitrogens is 1. The molecule has 1 aromatic heterocycles. The molecule has 1 heterocycles. The summed E-state index contributed by atoms with van der Waals surface area (Å²) in [7, 11) is 0. The molecule has 0 aliphatic rings. The number of amides is 2. The number of carboxylic acid groups (broad SMARTS) is 2. The Morgan fingerprint density at radius 2 is 1.78 bits per heavy atom. The van der Waals surface area contributed by atoms with E-state index in [1.165, 1.54) is 12.5 Å². The summed E-state index contributed by atoms with van der Waals surface area (Å²) in [5.74, 6) is -3.96. The Kier molecular flexibility index (Phi) is 8.39. The molecule has 0 radical (unpaired) electrons. The summed E-state index contributed by atoms with van der Waals surface area (Å²) in [5, 5.41) is 22.8. The van der Waals surface area contributed by atoms with Crippen LogP contribution in [0.3, 0.4) is 0 Å². The highest BCUT2D eigenvalue weighted by atomic mass is 16.4. The average molecular weight is 383 g/mol. The van der Waals surface area contributed by atoms with Gasteiger partial charge in [-0.3, -0.25) is 14.4 Å². The van der Waals surface area contributed by atoms with Crippen molar-refractivity contribution in [3.05, 3.63) is 18.2 Å². The lowest BCUT2D eigenvalue weighted by Crippen LogP contribution is -2.55. The summed E-state index contributed by atoms with van der Waals surface area (Å²) in [5.41, 5.74) is 6.03. The summed E-state index contributed by atoms with van der Waals surface area (Å²) >= 11 is 0.